The lowest BCUT2D eigenvalue weighted by atomic mass is 10.1. The number of halogens is 4. The van der Waals surface area contributed by atoms with Crippen LogP contribution in [0.1, 0.15) is 39.0 Å². The van der Waals surface area contributed by atoms with E-state index in [2.05, 4.69) is 15.4 Å². The first-order valence-electron chi connectivity index (χ1n) is 16.0. The Hall–Kier alpha value is -4.80. The van der Waals surface area contributed by atoms with Crippen LogP contribution in [0.4, 0.5) is 33.7 Å². The minimum atomic E-state index is -4.60. The quantitative estimate of drug-likeness (QED) is 0.195. The molecule has 0 bridgehead atoms. The first-order chi connectivity index (χ1) is 23.6. The molecule has 6 rings (SSSR count). The van der Waals surface area contributed by atoms with Crippen molar-refractivity contribution in [1.82, 2.24) is 24.1 Å². The summed E-state index contributed by atoms with van der Waals surface area (Å²) in [5, 5.41) is 7.00. The number of alkyl halides is 3. The highest BCUT2D eigenvalue weighted by Gasteiger charge is 2.32. The number of nitrogens with one attached hydrogen (secondary N) is 1. The van der Waals surface area contributed by atoms with Gasteiger partial charge >= 0.3 is 11.6 Å². The lowest BCUT2D eigenvalue weighted by Gasteiger charge is -2.37. The molecule has 50 heavy (non-hydrogen) atoms. The number of hydrogen-bond acceptors (Lipinski definition) is 9. The van der Waals surface area contributed by atoms with Crippen molar-refractivity contribution in [2.75, 3.05) is 43.0 Å². The molecule has 266 valence electrons. The van der Waals surface area contributed by atoms with Crippen molar-refractivity contribution in [2.24, 2.45) is 0 Å². The van der Waals surface area contributed by atoms with Gasteiger partial charge in [-0.2, -0.15) is 22.7 Å². The number of piperazine rings is 1. The first-order valence-corrected chi connectivity index (χ1v) is 16.8. The number of amides is 2. The average Bonchev–Trinajstić information content (AvgIpc) is 3.70. The number of rotatable bonds is 7. The number of nitrogens with zero attached hydrogens (tertiary/aromatic N) is 6. The van der Waals surface area contributed by atoms with Crippen LogP contribution in [-0.4, -0.2) is 80.0 Å². The molecule has 1 fully saturated rings. The Labute approximate surface area is 288 Å². The third-order valence-electron chi connectivity index (χ3n) is 8.11. The van der Waals surface area contributed by atoms with Gasteiger partial charge in [-0.3, -0.25) is 9.59 Å². The van der Waals surface area contributed by atoms with Gasteiger partial charge < -0.3 is 29.2 Å². The van der Waals surface area contributed by atoms with E-state index in [9.17, 15) is 31.9 Å². The van der Waals surface area contributed by atoms with Crippen molar-refractivity contribution >= 4 is 40.9 Å². The van der Waals surface area contributed by atoms with E-state index in [-0.39, 0.29) is 47.4 Å². The second kappa shape index (κ2) is 13.5. The van der Waals surface area contributed by atoms with Gasteiger partial charge in [0.2, 0.25) is 11.7 Å². The van der Waals surface area contributed by atoms with Gasteiger partial charge in [0, 0.05) is 43.1 Å². The Morgan fingerprint density at radius 3 is 2.46 bits per heavy atom. The molecule has 0 radical (unpaired) electrons. The van der Waals surface area contributed by atoms with E-state index in [0.29, 0.717) is 43.4 Å². The fourth-order valence-electron chi connectivity index (χ4n) is 5.94. The van der Waals surface area contributed by atoms with Crippen molar-refractivity contribution in [3.63, 3.8) is 0 Å². The average molecular weight is 718 g/mol. The number of thioether (sulfide) groups is 1. The number of carbonyl (C=O) groups excluding carboxylic acids is 2. The van der Waals surface area contributed by atoms with E-state index in [4.69, 9.17) is 9.47 Å². The first kappa shape index (κ1) is 35.0. The van der Waals surface area contributed by atoms with E-state index in [1.807, 2.05) is 24.0 Å². The highest BCUT2D eigenvalue weighted by molar-refractivity contribution is 8.00. The SMILES string of the molecule is CCc1c(N2CCN(C(=O)OC(C)(C)C)CC2)c(=O)n2nc(-c3ccc4c(c3)CCO4)nc2n1CC(=O)Nc1ccc(SC(F)(F)F)cc1F. The summed E-state index contributed by atoms with van der Waals surface area (Å²) in [6, 6.07) is 8.30. The molecule has 0 spiro atoms. The van der Waals surface area contributed by atoms with Gasteiger partial charge in [-0.25, -0.2) is 9.18 Å². The predicted octanol–water partition coefficient (Wildman–Crippen LogP) is 5.50. The Balaban J connectivity index is 1.36. The minimum absolute atomic E-state index is 0.0716. The fourth-order valence-corrected chi connectivity index (χ4v) is 6.51. The lowest BCUT2D eigenvalue weighted by Crippen LogP contribution is -2.51. The number of fused-ring (bicyclic) bond motifs is 2. The Kier molecular flexibility index (Phi) is 9.45. The fraction of sp³-hybridized carbons (Fsp3) is 0.424. The van der Waals surface area contributed by atoms with Gasteiger partial charge in [0.05, 0.1) is 18.0 Å². The van der Waals surface area contributed by atoms with Crippen LogP contribution in [0.5, 0.6) is 5.75 Å². The van der Waals surface area contributed by atoms with Crippen LogP contribution in [0, 0.1) is 5.82 Å². The van der Waals surface area contributed by atoms with Gasteiger partial charge in [-0.1, -0.05) is 6.92 Å². The monoisotopic (exact) mass is 717 g/mol. The highest BCUT2D eigenvalue weighted by Crippen LogP contribution is 2.38. The number of carbonyl (C=O) groups is 2. The summed E-state index contributed by atoms with van der Waals surface area (Å²) in [6.45, 7) is 8.41. The third-order valence-corrected chi connectivity index (χ3v) is 8.83. The van der Waals surface area contributed by atoms with Crippen molar-refractivity contribution in [3.05, 3.63) is 63.8 Å². The highest BCUT2D eigenvalue weighted by atomic mass is 32.2. The summed E-state index contributed by atoms with van der Waals surface area (Å²) in [5.41, 5.74) is -3.71. The van der Waals surface area contributed by atoms with E-state index >= 15 is 0 Å². The summed E-state index contributed by atoms with van der Waals surface area (Å²) in [7, 11) is 0. The lowest BCUT2D eigenvalue weighted by molar-refractivity contribution is -0.116. The van der Waals surface area contributed by atoms with Crippen molar-refractivity contribution < 1.29 is 36.6 Å². The molecule has 2 amide bonds. The zero-order valence-corrected chi connectivity index (χ0v) is 28.6. The van der Waals surface area contributed by atoms with Crippen LogP contribution in [0.2, 0.25) is 0 Å². The molecule has 0 saturated carbocycles. The molecule has 1 saturated heterocycles. The molecule has 0 aliphatic carbocycles. The van der Waals surface area contributed by atoms with Crippen LogP contribution in [0.15, 0.2) is 46.1 Å². The second-order valence-corrected chi connectivity index (χ2v) is 13.9. The normalized spacial score (nSPS) is 14.9. The Bertz CT molecular complexity index is 2020. The summed E-state index contributed by atoms with van der Waals surface area (Å²) in [5.74, 6) is -0.680. The van der Waals surface area contributed by atoms with Gasteiger partial charge in [0.1, 0.15) is 29.4 Å². The number of aromatic nitrogens is 4. The molecule has 4 heterocycles. The van der Waals surface area contributed by atoms with Crippen LogP contribution < -0.4 is 20.5 Å². The smallest absolute Gasteiger partial charge is 0.446 e. The third kappa shape index (κ3) is 7.51. The van der Waals surface area contributed by atoms with Crippen LogP contribution in [0.3, 0.4) is 0 Å². The van der Waals surface area contributed by atoms with Crippen molar-refractivity contribution in [2.45, 2.75) is 63.1 Å². The van der Waals surface area contributed by atoms with E-state index < -0.39 is 52.8 Å². The van der Waals surface area contributed by atoms with E-state index in [0.717, 1.165) is 28.0 Å². The molecule has 12 nitrogen and oxygen atoms in total. The molecular formula is C33H35F4N7O5S. The van der Waals surface area contributed by atoms with Gasteiger partial charge in [0.25, 0.3) is 5.56 Å². The Morgan fingerprint density at radius 2 is 1.80 bits per heavy atom. The molecule has 0 atom stereocenters. The molecule has 17 heteroatoms. The topological polar surface area (TPSA) is 123 Å². The second-order valence-electron chi connectivity index (χ2n) is 12.8. The van der Waals surface area contributed by atoms with Crippen molar-refractivity contribution in [3.8, 4) is 17.1 Å². The molecule has 1 N–H and O–H groups in total. The molecule has 4 aromatic rings. The number of anilines is 2. The zero-order chi connectivity index (χ0) is 36.0. The van der Waals surface area contributed by atoms with E-state index in [1.165, 1.54) is 4.57 Å². The van der Waals surface area contributed by atoms with Gasteiger partial charge in [-0.15, -0.1) is 5.10 Å². The summed E-state index contributed by atoms with van der Waals surface area (Å²) >= 11 is -0.466. The number of ether oxygens (including phenoxy) is 2. The number of hydrogen-bond donors (Lipinski definition) is 1. The van der Waals surface area contributed by atoms with E-state index in [1.54, 1.807) is 31.7 Å². The summed E-state index contributed by atoms with van der Waals surface area (Å²) < 4.78 is 67.0. The van der Waals surface area contributed by atoms with Crippen LogP contribution >= 0.6 is 11.8 Å². The van der Waals surface area contributed by atoms with Gasteiger partial charge in [-0.05, 0) is 80.9 Å². The van der Waals surface area contributed by atoms with Crippen LogP contribution in [-0.2, 0) is 28.9 Å². The molecule has 0 unspecified atom stereocenters. The zero-order valence-electron chi connectivity index (χ0n) is 27.8. The minimum Gasteiger partial charge on any atom is -0.493 e. The van der Waals surface area contributed by atoms with Crippen molar-refractivity contribution in [1.29, 1.82) is 0 Å². The molecular weight excluding hydrogens is 682 g/mol. The maximum atomic E-state index is 14.8. The Morgan fingerprint density at radius 1 is 1.06 bits per heavy atom. The summed E-state index contributed by atoms with van der Waals surface area (Å²) in [6.07, 6.45) is 0.529. The predicted molar refractivity (Wildman–Crippen MR) is 178 cm³/mol. The molecule has 2 aliphatic rings. The molecule has 2 aromatic heterocycles. The maximum Gasteiger partial charge on any atom is 0.446 e. The van der Waals surface area contributed by atoms with Crippen LogP contribution in [0.25, 0.3) is 17.2 Å². The summed E-state index contributed by atoms with van der Waals surface area (Å²) in [4.78, 5) is 48.1. The molecule has 2 aromatic carbocycles. The van der Waals surface area contributed by atoms with Gasteiger partial charge in [0.15, 0.2) is 5.82 Å². The largest absolute Gasteiger partial charge is 0.493 e. The standard InChI is InChI=1S/C33H35F4N7O5S/c1-5-24-27(41-11-13-42(14-12-41)31(47)49-32(2,3)4)29(46)44-30(39-28(40-44)20-6-9-25-19(16-20)10-15-48-25)43(24)18-26(45)38-23-8-7-21(17-22(23)34)50-33(35,36)37/h6-9,16-17H,5,10-15,18H2,1-4H3,(H,38,45). The maximum absolute atomic E-state index is 14.8. The number of benzene rings is 2. The molecule has 2 aliphatic heterocycles.